The van der Waals surface area contributed by atoms with Crippen LogP contribution in [0.3, 0.4) is 0 Å². The number of non-ortho nitro benzene ring substituents is 1. The van der Waals surface area contributed by atoms with Crippen LogP contribution >= 0.6 is 0 Å². The van der Waals surface area contributed by atoms with E-state index in [0.717, 1.165) is 12.1 Å². The third kappa shape index (κ3) is 4.38. The highest BCUT2D eigenvalue weighted by atomic mass is 19.1. The molecule has 0 aromatic heterocycles. The fourth-order valence-corrected chi connectivity index (χ4v) is 1.73. The van der Waals surface area contributed by atoms with Gasteiger partial charge in [0.05, 0.1) is 17.6 Å². The van der Waals surface area contributed by atoms with Crippen LogP contribution in [0.25, 0.3) is 0 Å². The first-order chi connectivity index (χ1) is 9.80. The second-order valence-corrected chi connectivity index (χ2v) is 4.64. The molecule has 0 heterocycles. The molecule has 0 amide bonds. The molecule has 0 aliphatic carbocycles. The van der Waals surface area contributed by atoms with Gasteiger partial charge in [0.2, 0.25) is 0 Å². The molecule has 1 rings (SSSR count). The Morgan fingerprint density at radius 2 is 2.24 bits per heavy atom. The van der Waals surface area contributed by atoms with E-state index in [-0.39, 0.29) is 30.9 Å². The number of nitrogens with two attached hydrogens (primary N) is 1. The van der Waals surface area contributed by atoms with Gasteiger partial charge in [-0.3, -0.25) is 14.9 Å². The molecule has 7 nitrogen and oxygen atoms in total. The van der Waals surface area contributed by atoms with Crippen molar-refractivity contribution in [3.63, 3.8) is 0 Å². The Hall–Kier alpha value is -2.22. The van der Waals surface area contributed by atoms with Crippen molar-refractivity contribution >= 4 is 11.7 Å². The minimum absolute atomic E-state index is 0.0704. The summed E-state index contributed by atoms with van der Waals surface area (Å²) < 4.78 is 18.7. The normalized spacial score (nSPS) is 13.5. The molecule has 1 aromatic carbocycles. The highest BCUT2D eigenvalue weighted by Crippen LogP contribution is 2.23. The predicted molar refractivity (Wildman–Crippen MR) is 72.6 cm³/mol. The zero-order valence-electron chi connectivity index (χ0n) is 11.5. The number of ether oxygens (including phenoxy) is 1. The quantitative estimate of drug-likeness (QED) is 0.431. The molecular formula is C13H17FN2O5. The van der Waals surface area contributed by atoms with E-state index >= 15 is 0 Å². The van der Waals surface area contributed by atoms with Gasteiger partial charge < -0.3 is 15.6 Å². The first-order valence-corrected chi connectivity index (χ1v) is 6.39. The zero-order valence-corrected chi connectivity index (χ0v) is 11.5. The topological polar surface area (TPSA) is 116 Å². The Labute approximate surface area is 120 Å². The number of rotatable bonds is 8. The molecule has 116 valence electrons. The van der Waals surface area contributed by atoms with Gasteiger partial charge in [-0.05, 0) is 25.3 Å². The van der Waals surface area contributed by atoms with Crippen molar-refractivity contribution < 1.29 is 24.0 Å². The van der Waals surface area contributed by atoms with E-state index in [9.17, 15) is 19.3 Å². The third-order valence-electron chi connectivity index (χ3n) is 3.21. The predicted octanol–water partition coefficient (Wildman–Crippen LogP) is 2.08. The van der Waals surface area contributed by atoms with Gasteiger partial charge in [0.1, 0.15) is 5.54 Å². The van der Waals surface area contributed by atoms with Gasteiger partial charge in [-0.1, -0.05) is 6.92 Å². The summed E-state index contributed by atoms with van der Waals surface area (Å²) in [6.45, 7) is 1.74. The number of nitrogens with zero attached hydrogens (tertiary/aromatic N) is 1. The Morgan fingerprint density at radius 1 is 1.57 bits per heavy atom. The minimum Gasteiger partial charge on any atom is -0.491 e. The van der Waals surface area contributed by atoms with E-state index < -0.39 is 22.2 Å². The fourth-order valence-electron chi connectivity index (χ4n) is 1.73. The van der Waals surface area contributed by atoms with Crippen LogP contribution in [-0.4, -0.2) is 28.1 Å². The molecule has 1 unspecified atom stereocenters. The maximum Gasteiger partial charge on any atom is 0.323 e. The molecular weight excluding hydrogens is 283 g/mol. The maximum absolute atomic E-state index is 13.5. The fraction of sp³-hybridized carbons (Fsp3) is 0.462. The average Bonchev–Trinajstić information content (AvgIpc) is 2.44. The van der Waals surface area contributed by atoms with E-state index in [2.05, 4.69) is 0 Å². The molecule has 0 saturated heterocycles. The van der Waals surface area contributed by atoms with Crippen molar-refractivity contribution in [2.24, 2.45) is 5.73 Å². The Bertz CT molecular complexity index is 537. The Balaban J connectivity index is 2.53. The summed E-state index contributed by atoms with van der Waals surface area (Å²) >= 11 is 0. The third-order valence-corrected chi connectivity index (χ3v) is 3.21. The van der Waals surface area contributed by atoms with Crippen LogP contribution in [0.5, 0.6) is 5.75 Å². The van der Waals surface area contributed by atoms with E-state index in [0.29, 0.717) is 6.42 Å². The Morgan fingerprint density at radius 3 is 2.71 bits per heavy atom. The first-order valence-electron chi connectivity index (χ1n) is 6.39. The first kappa shape index (κ1) is 16.8. The van der Waals surface area contributed by atoms with Crippen LogP contribution in [0.1, 0.15) is 26.2 Å². The molecule has 1 atom stereocenters. The number of hydrogen-bond donors (Lipinski definition) is 2. The second kappa shape index (κ2) is 6.98. The van der Waals surface area contributed by atoms with Crippen molar-refractivity contribution in [3.8, 4) is 5.75 Å². The number of carboxylic acid groups (broad SMARTS) is 1. The molecule has 0 fully saturated rings. The molecule has 0 radical (unpaired) electrons. The lowest BCUT2D eigenvalue weighted by Gasteiger charge is -2.22. The van der Waals surface area contributed by atoms with E-state index in [1.54, 1.807) is 6.92 Å². The van der Waals surface area contributed by atoms with Crippen LogP contribution in [0.2, 0.25) is 0 Å². The number of benzene rings is 1. The molecule has 0 saturated carbocycles. The van der Waals surface area contributed by atoms with E-state index in [1.807, 2.05) is 0 Å². The second-order valence-electron chi connectivity index (χ2n) is 4.64. The van der Waals surface area contributed by atoms with Crippen molar-refractivity contribution in [3.05, 3.63) is 34.1 Å². The maximum atomic E-state index is 13.5. The highest BCUT2D eigenvalue weighted by Gasteiger charge is 2.31. The molecule has 0 spiro atoms. The number of halogens is 1. The van der Waals surface area contributed by atoms with Gasteiger partial charge in [0.25, 0.3) is 5.69 Å². The van der Waals surface area contributed by atoms with Crippen molar-refractivity contribution in [1.82, 2.24) is 0 Å². The molecule has 8 heteroatoms. The van der Waals surface area contributed by atoms with Crippen LogP contribution < -0.4 is 10.5 Å². The standard InChI is InChI=1S/C13H17FN2O5/c1-2-13(15,12(17)18)6-3-7-21-11-5-4-9(16(19)20)8-10(11)14/h4-5,8H,2-3,6-7,15H2,1H3,(H,17,18). The monoisotopic (exact) mass is 300 g/mol. The van der Waals surface area contributed by atoms with Crippen molar-refractivity contribution in [2.75, 3.05) is 6.61 Å². The van der Waals surface area contributed by atoms with Crippen molar-refractivity contribution in [2.45, 2.75) is 31.7 Å². The van der Waals surface area contributed by atoms with Gasteiger partial charge in [0, 0.05) is 6.07 Å². The van der Waals surface area contributed by atoms with Crippen LogP contribution in [-0.2, 0) is 4.79 Å². The summed E-state index contributed by atoms with van der Waals surface area (Å²) in [7, 11) is 0. The molecule has 0 aliphatic rings. The van der Waals surface area contributed by atoms with E-state index in [4.69, 9.17) is 15.6 Å². The Kier molecular flexibility index (Phi) is 5.60. The summed E-state index contributed by atoms with van der Waals surface area (Å²) in [5.74, 6) is -2.04. The summed E-state index contributed by atoms with van der Waals surface area (Å²) in [6.07, 6.45) is 0.786. The average molecular weight is 300 g/mol. The van der Waals surface area contributed by atoms with Crippen LogP contribution in [0.4, 0.5) is 10.1 Å². The number of hydrogen-bond acceptors (Lipinski definition) is 5. The SMILES string of the molecule is CCC(N)(CCCOc1ccc([N+](=O)[O-])cc1F)C(=O)O. The van der Waals surface area contributed by atoms with Gasteiger partial charge in [-0.15, -0.1) is 0 Å². The molecule has 0 aliphatic heterocycles. The lowest BCUT2D eigenvalue weighted by atomic mass is 9.92. The lowest BCUT2D eigenvalue weighted by molar-refractivity contribution is -0.385. The van der Waals surface area contributed by atoms with Crippen LogP contribution in [0, 0.1) is 15.9 Å². The summed E-state index contributed by atoms with van der Waals surface area (Å²) in [5.41, 5.74) is 4.01. The number of nitro groups is 1. The molecule has 3 N–H and O–H groups in total. The summed E-state index contributed by atoms with van der Waals surface area (Å²) in [6, 6.07) is 3.07. The van der Waals surface area contributed by atoms with Crippen LogP contribution in [0.15, 0.2) is 18.2 Å². The van der Waals surface area contributed by atoms with Gasteiger partial charge in [-0.2, -0.15) is 0 Å². The summed E-state index contributed by atoms with van der Waals surface area (Å²) in [5, 5.41) is 19.4. The van der Waals surface area contributed by atoms with Gasteiger partial charge in [-0.25, -0.2) is 4.39 Å². The number of nitro benzene ring substituents is 1. The zero-order chi connectivity index (χ0) is 16.0. The molecule has 0 bridgehead atoms. The molecule has 21 heavy (non-hydrogen) atoms. The lowest BCUT2D eigenvalue weighted by Crippen LogP contribution is -2.47. The smallest absolute Gasteiger partial charge is 0.323 e. The highest BCUT2D eigenvalue weighted by molar-refractivity contribution is 5.78. The number of aliphatic carboxylic acids is 1. The largest absolute Gasteiger partial charge is 0.491 e. The number of carbonyl (C=O) groups is 1. The van der Waals surface area contributed by atoms with Gasteiger partial charge in [0.15, 0.2) is 11.6 Å². The summed E-state index contributed by atoms with van der Waals surface area (Å²) in [4.78, 5) is 20.7. The number of carboxylic acids is 1. The van der Waals surface area contributed by atoms with E-state index in [1.165, 1.54) is 6.07 Å². The van der Waals surface area contributed by atoms with Gasteiger partial charge >= 0.3 is 5.97 Å². The van der Waals surface area contributed by atoms with Crippen molar-refractivity contribution in [1.29, 1.82) is 0 Å². The minimum atomic E-state index is -1.32. The molecule has 1 aromatic rings.